The molecule has 1 aromatic carbocycles. The average Bonchev–Trinajstić information content (AvgIpc) is 2.53. The summed E-state index contributed by atoms with van der Waals surface area (Å²) in [5.74, 6) is 0.448. The van der Waals surface area contributed by atoms with Crippen LogP contribution < -0.4 is 4.74 Å². The van der Waals surface area contributed by atoms with Crippen LogP contribution in [0.15, 0.2) is 24.3 Å². The number of carbonyl (C=O) groups is 1. The SMILES string of the molecule is CCC1CN(C(=O)COc2ccccc2C#N)CCN1C. The fourth-order valence-electron chi connectivity index (χ4n) is 2.53. The molecular formula is C16H21N3O2. The second-order valence-electron chi connectivity index (χ2n) is 5.28. The van der Waals surface area contributed by atoms with E-state index in [1.54, 1.807) is 24.3 Å². The molecule has 21 heavy (non-hydrogen) atoms. The standard InChI is InChI=1S/C16H21N3O2/c1-3-14-11-19(9-8-18(14)2)16(20)12-21-15-7-5-4-6-13(15)10-17/h4-7,14H,3,8-9,11-12H2,1-2H3. The van der Waals surface area contributed by atoms with Crippen LogP contribution in [0.5, 0.6) is 5.75 Å². The molecule has 0 aromatic heterocycles. The van der Waals surface area contributed by atoms with Crippen molar-refractivity contribution in [2.24, 2.45) is 0 Å². The molecule has 0 radical (unpaired) electrons. The minimum absolute atomic E-state index is 0.0150. The van der Waals surface area contributed by atoms with Gasteiger partial charge in [0.25, 0.3) is 5.91 Å². The lowest BCUT2D eigenvalue weighted by Crippen LogP contribution is -2.53. The van der Waals surface area contributed by atoms with Crippen LogP contribution in [0.3, 0.4) is 0 Å². The second kappa shape index (κ2) is 7.09. The van der Waals surface area contributed by atoms with E-state index < -0.39 is 0 Å². The predicted octanol–water partition coefficient (Wildman–Crippen LogP) is 1.49. The van der Waals surface area contributed by atoms with E-state index in [2.05, 4.69) is 24.9 Å². The monoisotopic (exact) mass is 287 g/mol. The van der Waals surface area contributed by atoms with E-state index in [9.17, 15) is 4.79 Å². The van der Waals surface area contributed by atoms with Crippen molar-refractivity contribution in [1.82, 2.24) is 9.80 Å². The molecule has 1 aliphatic rings. The molecule has 2 rings (SSSR count). The van der Waals surface area contributed by atoms with Gasteiger partial charge in [0.15, 0.2) is 6.61 Å². The molecule has 1 saturated heterocycles. The largest absolute Gasteiger partial charge is 0.482 e. The smallest absolute Gasteiger partial charge is 0.260 e. The zero-order chi connectivity index (χ0) is 15.2. The minimum atomic E-state index is -0.0192. The van der Waals surface area contributed by atoms with Crippen molar-refractivity contribution in [3.05, 3.63) is 29.8 Å². The lowest BCUT2D eigenvalue weighted by atomic mass is 10.1. The number of hydrogen-bond acceptors (Lipinski definition) is 4. The first-order valence-corrected chi connectivity index (χ1v) is 7.25. The topological polar surface area (TPSA) is 56.6 Å². The van der Waals surface area contributed by atoms with Crippen molar-refractivity contribution < 1.29 is 9.53 Å². The minimum Gasteiger partial charge on any atom is -0.482 e. The van der Waals surface area contributed by atoms with Gasteiger partial charge in [-0.05, 0) is 25.6 Å². The van der Waals surface area contributed by atoms with Crippen LogP contribution in [0.25, 0.3) is 0 Å². The van der Waals surface area contributed by atoms with Gasteiger partial charge in [-0.25, -0.2) is 0 Å². The summed E-state index contributed by atoms with van der Waals surface area (Å²) < 4.78 is 5.51. The summed E-state index contributed by atoms with van der Waals surface area (Å²) in [5, 5.41) is 9.00. The zero-order valence-corrected chi connectivity index (χ0v) is 12.6. The van der Waals surface area contributed by atoms with Gasteiger partial charge in [-0.1, -0.05) is 19.1 Å². The third kappa shape index (κ3) is 3.73. The molecule has 0 bridgehead atoms. The highest BCUT2D eigenvalue weighted by atomic mass is 16.5. The van der Waals surface area contributed by atoms with Crippen molar-refractivity contribution in [2.45, 2.75) is 19.4 Å². The Morgan fingerprint density at radius 2 is 2.19 bits per heavy atom. The molecule has 112 valence electrons. The van der Waals surface area contributed by atoms with Gasteiger partial charge in [0.1, 0.15) is 11.8 Å². The van der Waals surface area contributed by atoms with Gasteiger partial charge >= 0.3 is 0 Å². The highest BCUT2D eigenvalue weighted by Crippen LogP contribution is 2.17. The lowest BCUT2D eigenvalue weighted by Gasteiger charge is -2.39. The van der Waals surface area contributed by atoms with Crippen LogP contribution in [0.2, 0.25) is 0 Å². The van der Waals surface area contributed by atoms with Crippen molar-refractivity contribution in [2.75, 3.05) is 33.3 Å². The summed E-state index contributed by atoms with van der Waals surface area (Å²) in [4.78, 5) is 16.4. The van der Waals surface area contributed by atoms with E-state index in [1.807, 2.05) is 4.90 Å². The number of hydrogen-bond donors (Lipinski definition) is 0. The van der Waals surface area contributed by atoms with E-state index in [0.717, 1.165) is 26.1 Å². The molecule has 0 saturated carbocycles. The predicted molar refractivity (Wildman–Crippen MR) is 79.9 cm³/mol. The quantitative estimate of drug-likeness (QED) is 0.842. The van der Waals surface area contributed by atoms with Gasteiger partial charge in [-0.15, -0.1) is 0 Å². The Kier molecular flexibility index (Phi) is 5.18. The fraction of sp³-hybridized carbons (Fsp3) is 0.500. The number of ether oxygens (including phenoxy) is 1. The van der Waals surface area contributed by atoms with Crippen LogP contribution in [-0.4, -0.2) is 55.0 Å². The third-order valence-electron chi connectivity index (χ3n) is 3.96. The average molecular weight is 287 g/mol. The number of amides is 1. The summed E-state index contributed by atoms with van der Waals surface area (Å²) in [5.41, 5.74) is 0.454. The Morgan fingerprint density at radius 3 is 2.90 bits per heavy atom. The third-order valence-corrected chi connectivity index (χ3v) is 3.96. The first kappa shape index (κ1) is 15.3. The van der Waals surface area contributed by atoms with E-state index in [-0.39, 0.29) is 12.5 Å². The summed E-state index contributed by atoms with van der Waals surface area (Å²) >= 11 is 0. The highest BCUT2D eigenvalue weighted by molar-refractivity contribution is 5.78. The van der Waals surface area contributed by atoms with E-state index in [1.165, 1.54) is 0 Å². The molecule has 1 aliphatic heterocycles. The Balaban J connectivity index is 1.92. The Bertz CT molecular complexity index is 539. The number of para-hydroxylation sites is 1. The lowest BCUT2D eigenvalue weighted by molar-refractivity contribution is -0.136. The number of benzene rings is 1. The van der Waals surface area contributed by atoms with Gasteiger partial charge in [-0.2, -0.15) is 5.26 Å². The van der Waals surface area contributed by atoms with Gasteiger partial charge in [0.2, 0.25) is 0 Å². The molecule has 1 aromatic rings. The summed E-state index contributed by atoms with van der Waals surface area (Å²) in [7, 11) is 2.09. The molecular weight excluding hydrogens is 266 g/mol. The summed E-state index contributed by atoms with van der Waals surface area (Å²) in [6.07, 6.45) is 1.03. The van der Waals surface area contributed by atoms with Gasteiger partial charge in [-0.3, -0.25) is 9.69 Å². The summed E-state index contributed by atoms with van der Waals surface area (Å²) in [6, 6.07) is 9.44. The molecule has 1 fully saturated rings. The first-order chi connectivity index (χ1) is 10.2. The first-order valence-electron chi connectivity index (χ1n) is 7.25. The molecule has 0 spiro atoms. The van der Waals surface area contributed by atoms with Gasteiger partial charge in [0, 0.05) is 25.7 Å². The molecule has 1 atom stereocenters. The Labute approximate surface area is 125 Å². The maximum Gasteiger partial charge on any atom is 0.260 e. The molecule has 1 heterocycles. The van der Waals surface area contributed by atoms with Gasteiger partial charge < -0.3 is 9.64 Å². The maximum absolute atomic E-state index is 12.2. The van der Waals surface area contributed by atoms with Crippen LogP contribution >= 0.6 is 0 Å². The number of piperazine rings is 1. The number of carbonyl (C=O) groups excluding carboxylic acids is 1. The normalized spacial score (nSPS) is 19.1. The summed E-state index contributed by atoms with van der Waals surface area (Å²) in [6.45, 7) is 4.48. The molecule has 0 aliphatic carbocycles. The van der Waals surface area contributed by atoms with E-state index in [4.69, 9.17) is 10.00 Å². The van der Waals surface area contributed by atoms with Crippen LogP contribution in [0.1, 0.15) is 18.9 Å². The van der Waals surface area contributed by atoms with Crippen LogP contribution in [-0.2, 0) is 4.79 Å². The van der Waals surface area contributed by atoms with Crippen molar-refractivity contribution in [3.8, 4) is 11.8 Å². The number of rotatable bonds is 4. The molecule has 0 N–H and O–H groups in total. The molecule has 5 heteroatoms. The Morgan fingerprint density at radius 1 is 1.43 bits per heavy atom. The number of nitrogens with zero attached hydrogens (tertiary/aromatic N) is 3. The second-order valence-corrected chi connectivity index (χ2v) is 5.28. The maximum atomic E-state index is 12.2. The Hall–Kier alpha value is -2.06. The van der Waals surface area contributed by atoms with E-state index in [0.29, 0.717) is 17.4 Å². The van der Waals surface area contributed by atoms with Gasteiger partial charge in [0.05, 0.1) is 5.56 Å². The number of nitriles is 1. The van der Waals surface area contributed by atoms with Crippen LogP contribution in [0, 0.1) is 11.3 Å². The van der Waals surface area contributed by atoms with Crippen molar-refractivity contribution in [3.63, 3.8) is 0 Å². The number of likely N-dealkylation sites (N-methyl/N-ethyl adjacent to an activating group) is 1. The fourth-order valence-corrected chi connectivity index (χ4v) is 2.53. The molecule has 5 nitrogen and oxygen atoms in total. The van der Waals surface area contributed by atoms with Crippen molar-refractivity contribution >= 4 is 5.91 Å². The zero-order valence-electron chi connectivity index (χ0n) is 12.6. The molecule has 1 unspecified atom stereocenters. The van der Waals surface area contributed by atoms with Crippen LogP contribution in [0.4, 0.5) is 0 Å². The molecule has 1 amide bonds. The highest BCUT2D eigenvalue weighted by Gasteiger charge is 2.26. The van der Waals surface area contributed by atoms with E-state index >= 15 is 0 Å². The van der Waals surface area contributed by atoms with Crippen molar-refractivity contribution in [1.29, 1.82) is 5.26 Å².